The van der Waals surface area contributed by atoms with Gasteiger partial charge in [0.25, 0.3) is 5.91 Å². The van der Waals surface area contributed by atoms with Gasteiger partial charge in [0.2, 0.25) is 0 Å². The van der Waals surface area contributed by atoms with Gasteiger partial charge in [0.05, 0.1) is 7.11 Å². The number of hydrogen-bond donors (Lipinski definition) is 2. The third-order valence-corrected chi connectivity index (χ3v) is 2.23. The molecule has 0 unspecified atom stereocenters. The van der Waals surface area contributed by atoms with Crippen molar-refractivity contribution in [1.82, 2.24) is 5.32 Å². The molecule has 0 heterocycles. The van der Waals surface area contributed by atoms with Gasteiger partial charge in [-0.2, -0.15) is 0 Å². The summed E-state index contributed by atoms with van der Waals surface area (Å²) in [6.45, 7) is 4.17. The second kappa shape index (κ2) is 6.86. The third-order valence-electron chi connectivity index (χ3n) is 2.23. The molecule has 1 aromatic carbocycles. The second-order valence-electron chi connectivity index (χ2n) is 4.23. The van der Waals surface area contributed by atoms with Crippen LogP contribution in [0.4, 0.5) is 0 Å². The number of carbonyl (C=O) groups is 1. The van der Waals surface area contributed by atoms with Crippen LogP contribution < -0.4 is 20.5 Å². The van der Waals surface area contributed by atoms with Crippen LogP contribution in [-0.2, 0) is 11.3 Å². The topological polar surface area (TPSA) is 73.6 Å². The number of hydrogen-bond acceptors (Lipinski definition) is 4. The predicted molar refractivity (Wildman–Crippen MR) is 69.7 cm³/mol. The molecule has 3 N–H and O–H groups in total. The van der Waals surface area contributed by atoms with E-state index < -0.39 is 0 Å². The Kier molecular flexibility index (Phi) is 5.45. The molecule has 0 fully saturated rings. The lowest BCUT2D eigenvalue weighted by atomic mass is 10.2. The Bertz CT molecular complexity index is 383. The molecule has 18 heavy (non-hydrogen) atoms. The molecule has 0 aliphatic rings. The summed E-state index contributed by atoms with van der Waals surface area (Å²) in [5.41, 5.74) is 6.47. The summed E-state index contributed by atoms with van der Waals surface area (Å²) in [5, 5.41) is 2.75. The van der Waals surface area contributed by atoms with Gasteiger partial charge in [-0.1, -0.05) is 0 Å². The van der Waals surface area contributed by atoms with E-state index in [4.69, 9.17) is 15.2 Å². The number of benzene rings is 1. The normalized spacial score (nSPS) is 10.3. The molecular formula is C13H20N2O3. The number of rotatable bonds is 6. The Balaban J connectivity index is 2.63. The van der Waals surface area contributed by atoms with Gasteiger partial charge in [0.15, 0.2) is 6.61 Å². The van der Waals surface area contributed by atoms with Crippen LogP contribution >= 0.6 is 0 Å². The number of amides is 1. The van der Waals surface area contributed by atoms with Crippen molar-refractivity contribution >= 4 is 5.91 Å². The van der Waals surface area contributed by atoms with Crippen molar-refractivity contribution in [3.63, 3.8) is 0 Å². The van der Waals surface area contributed by atoms with E-state index in [1.165, 1.54) is 0 Å². The van der Waals surface area contributed by atoms with Crippen LogP contribution in [0.15, 0.2) is 18.2 Å². The second-order valence-corrected chi connectivity index (χ2v) is 4.23. The Labute approximate surface area is 107 Å². The maximum Gasteiger partial charge on any atom is 0.258 e. The molecule has 0 saturated heterocycles. The number of nitrogens with one attached hydrogen (secondary N) is 1. The highest BCUT2D eigenvalue weighted by Crippen LogP contribution is 2.22. The smallest absolute Gasteiger partial charge is 0.258 e. The first-order valence-electron chi connectivity index (χ1n) is 5.85. The van der Waals surface area contributed by atoms with Crippen LogP contribution in [0.3, 0.4) is 0 Å². The Morgan fingerprint density at radius 2 is 2.00 bits per heavy atom. The van der Waals surface area contributed by atoms with Gasteiger partial charge in [0, 0.05) is 18.7 Å². The summed E-state index contributed by atoms with van der Waals surface area (Å²) >= 11 is 0. The van der Waals surface area contributed by atoms with E-state index in [2.05, 4.69) is 5.32 Å². The van der Waals surface area contributed by atoms with Crippen molar-refractivity contribution < 1.29 is 14.3 Å². The van der Waals surface area contributed by atoms with Crippen LogP contribution in [0.1, 0.15) is 19.4 Å². The monoisotopic (exact) mass is 252 g/mol. The van der Waals surface area contributed by atoms with Crippen molar-refractivity contribution in [2.75, 3.05) is 13.7 Å². The maximum atomic E-state index is 11.4. The van der Waals surface area contributed by atoms with Crippen molar-refractivity contribution in [3.8, 4) is 11.5 Å². The summed E-state index contributed by atoms with van der Waals surface area (Å²) in [6.07, 6.45) is 0. The fourth-order valence-corrected chi connectivity index (χ4v) is 1.46. The van der Waals surface area contributed by atoms with Gasteiger partial charge >= 0.3 is 0 Å². The van der Waals surface area contributed by atoms with E-state index >= 15 is 0 Å². The number of carbonyl (C=O) groups excluding carboxylic acids is 1. The highest BCUT2D eigenvalue weighted by Gasteiger charge is 2.06. The third kappa shape index (κ3) is 4.63. The van der Waals surface area contributed by atoms with Crippen LogP contribution in [0.5, 0.6) is 11.5 Å². The highest BCUT2D eigenvalue weighted by molar-refractivity contribution is 5.77. The zero-order valence-electron chi connectivity index (χ0n) is 11.0. The molecule has 0 saturated carbocycles. The fraction of sp³-hybridized carbons (Fsp3) is 0.462. The summed E-state index contributed by atoms with van der Waals surface area (Å²) in [7, 11) is 1.57. The highest BCUT2D eigenvalue weighted by atomic mass is 16.5. The molecule has 0 aliphatic heterocycles. The zero-order chi connectivity index (χ0) is 13.5. The number of ether oxygens (including phenoxy) is 2. The first-order chi connectivity index (χ1) is 8.55. The van der Waals surface area contributed by atoms with Gasteiger partial charge in [-0.25, -0.2) is 0 Å². The van der Waals surface area contributed by atoms with E-state index in [-0.39, 0.29) is 18.6 Å². The van der Waals surface area contributed by atoms with E-state index in [1.807, 2.05) is 19.9 Å². The van der Waals surface area contributed by atoms with Crippen LogP contribution in [0.2, 0.25) is 0 Å². The molecule has 5 heteroatoms. The molecule has 0 bridgehead atoms. The summed E-state index contributed by atoms with van der Waals surface area (Å²) < 4.78 is 10.5. The van der Waals surface area contributed by atoms with Crippen molar-refractivity contribution in [3.05, 3.63) is 23.8 Å². The average Bonchev–Trinajstić information content (AvgIpc) is 2.35. The Morgan fingerprint density at radius 1 is 1.33 bits per heavy atom. The molecule has 5 nitrogen and oxygen atoms in total. The minimum Gasteiger partial charge on any atom is -0.497 e. The van der Waals surface area contributed by atoms with E-state index in [1.54, 1.807) is 19.2 Å². The quantitative estimate of drug-likeness (QED) is 0.794. The molecular weight excluding hydrogens is 232 g/mol. The van der Waals surface area contributed by atoms with Crippen molar-refractivity contribution in [1.29, 1.82) is 0 Å². The first-order valence-corrected chi connectivity index (χ1v) is 5.85. The Hall–Kier alpha value is -1.75. The molecule has 0 radical (unpaired) electrons. The van der Waals surface area contributed by atoms with Crippen LogP contribution in [-0.4, -0.2) is 25.7 Å². The average molecular weight is 252 g/mol. The fourth-order valence-electron chi connectivity index (χ4n) is 1.46. The maximum absolute atomic E-state index is 11.4. The summed E-state index contributed by atoms with van der Waals surface area (Å²) in [4.78, 5) is 11.4. The molecule has 1 rings (SSSR count). The molecule has 100 valence electrons. The summed E-state index contributed by atoms with van der Waals surface area (Å²) in [5.74, 6) is 1.09. The Morgan fingerprint density at radius 3 is 2.56 bits per heavy atom. The van der Waals surface area contributed by atoms with E-state index in [0.717, 1.165) is 5.56 Å². The SMILES string of the molecule is COc1cc(CN)cc(OCC(=O)NC(C)C)c1. The van der Waals surface area contributed by atoms with Gasteiger partial charge in [-0.15, -0.1) is 0 Å². The van der Waals surface area contributed by atoms with Crippen LogP contribution in [0.25, 0.3) is 0 Å². The largest absolute Gasteiger partial charge is 0.497 e. The van der Waals surface area contributed by atoms with Gasteiger partial charge in [-0.3, -0.25) is 4.79 Å². The molecule has 1 aromatic rings. The number of nitrogens with two attached hydrogens (primary N) is 1. The zero-order valence-corrected chi connectivity index (χ0v) is 11.0. The van der Waals surface area contributed by atoms with E-state index in [0.29, 0.717) is 18.0 Å². The van der Waals surface area contributed by atoms with Crippen molar-refractivity contribution in [2.45, 2.75) is 26.4 Å². The predicted octanol–water partition coefficient (Wildman–Crippen LogP) is 1.06. The molecule has 0 atom stereocenters. The van der Waals surface area contributed by atoms with Crippen LogP contribution in [0, 0.1) is 0 Å². The van der Waals surface area contributed by atoms with Crippen molar-refractivity contribution in [2.24, 2.45) is 5.73 Å². The minimum atomic E-state index is -0.151. The minimum absolute atomic E-state index is 0.0185. The first kappa shape index (κ1) is 14.3. The summed E-state index contributed by atoms with van der Waals surface area (Å²) in [6, 6.07) is 5.46. The van der Waals surface area contributed by atoms with E-state index in [9.17, 15) is 4.79 Å². The standard InChI is InChI=1S/C13H20N2O3/c1-9(2)15-13(16)8-18-12-5-10(7-14)4-11(6-12)17-3/h4-6,9H,7-8,14H2,1-3H3,(H,15,16). The molecule has 0 spiro atoms. The molecule has 0 aliphatic carbocycles. The van der Waals surface area contributed by atoms with Gasteiger partial charge in [0.1, 0.15) is 11.5 Å². The molecule has 1 amide bonds. The molecule has 0 aromatic heterocycles. The number of methoxy groups -OCH3 is 1. The van der Waals surface area contributed by atoms with Gasteiger partial charge in [-0.05, 0) is 31.5 Å². The lowest BCUT2D eigenvalue weighted by Crippen LogP contribution is -2.34. The lowest BCUT2D eigenvalue weighted by molar-refractivity contribution is -0.123. The lowest BCUT2D eigenvalue weighted by Gasteiger charge is -2.11. The van der Waals surface area contributed by atoms with Gasteiger partial charge < -0.3 is 20.5 Å².